The van der Waals surface area contributed by atoms with Crippen molar-refractivity contribution in [3.63, 3.8) is 0 Å². The van der Waals surface area contributed by atoms with Crippen molar-refractivity contribution in [3.05, 3.63) is 48.5 Å². The molecule has 0 aliphatic carbocycles. The van der Waals surface area contributed by atoms with Crippen molar-refractivity contribution in [1.29, 1.82) is 0 Å². The molecule has 32 heavy (non-hydrogen) atoms. The van der Waals surface area contributed by atoms with Gasteiger partial charge in [-0.15, -0.1) is 11.8 Å². The van der Waals surface area contributed by atoms with Crippen LogP contribution in [0.25, 0.3) is 0 Å². The number of nitrogens with one attached hydrogen (secondary N) is 2. The highest BCUT2D eigenvalue weighted by Crippen LogP contribution is 2.23. The molecule has 1 aliphatic heterocycles. The Balaban J connectivity index is 1.45. The molecule has 0 radical (unpaired) electrons. The van der Waals surface area contributed by atoms with Crippen LogP contribution in [-0.2, 0) is 24.3 Å². The van der Waals surface area contributed by atoms with Gasteiger partial charge in [0.15, 0.2) is 0 Å². The summed E-state index contributed by atoms with van der Waals surface area (Å²) in [5.74, 6) is 0.201. The number of anilines is 2. The van der Waals surface area contributed by atoms with Crippen LogP contribution in [0, 0.1) is 0 Å². The Morgan fingerprint density at radius 1 is 1.00 bits per heavy atom. The average Bonchev–Trinajstić information content (AvgIpc) is 2.80. The number of rotatable bonds is 9. The Bertz CT molecular complexity index is 1040. The standard InChI is InChI=1S/C21H25N3O6S2/c1-29-19-5-3-2-4-18(19)23-21(26)15-31-14-20(25)22-16-6-8-17(9-7-16)32(27,28)24-10-12-30-13-11-24/h2-9H,10-15H2,1H3,(H,22,25)(H,23,26). The summed E-state index contributed by atoms with van der Waals surface area (Å²) in [6, 6.07) is 13.1. The number of nitrogens with zero attached hydrogens (tertiary/aromatic N) is 1. The molecule has 2 aromatic rings. The van der Waals surface area contributed by atoms with Crippen LogP contribution in [0.2, 0.25) is 0 Å². The third-order valence-electron chi connectivity index (χ3n) is 4.59. The van der Waals surface area contributed by atoms with E-state index in [0.29, 0.717) is 43.4 Å². The van der Waals surface area contributed by atoms with Crippen LogP contribution >= 0.6 is 11.8 Å². The van der Waals surface area contributed by atoms with Crippen LogP contribution in [0.15, 0.2) is 53.4 Å². The molecule has 1 saturated heterocycles. The molecular weight excluding hydrogens is 454 g/mol. The zero-order valence-corrected chi connectivity index (χ0v) is 19.2. The Morgan fingerprint density at radius 3 is 2.28 bits per heavy atom. The second-order valence-corrected chi connectivity index (χ2v) is 9.75. The maximum Gasteiger partial charge on any atom is 0.243 e. The molecule has 2 aromatic carbocycles. The van der Waals surface area contributed by atoms with E-state index in [0.717, 1.165) is 0 Å². The van der Waals surface area contributed by atoms with Crippen molar-refractivity contribution in [3.8, 4) is 5.75 Å². The minimum atomic E-state index is -3.58. The molecule has 0 atom stereocenters. The van der Waals surface area contributed by atoms with Crippen LogP contribution < -0.4 is 15.4 Å². The molecule has 11 heteroatoms. The van der Waals surface area contributed by atoms with E-state index in [1.165, 1.54) is 35.3 Å². The number of para-hydroxylation sites is 2. The molecule has 0 aromatic heterocycles. The number of methoxy groups -OCH3 is 1. The number of carbonyl (C=O) groups excluding carboxylic acids is 2. The van der Waals surface area contributed by atoms with Crippen molar-refractivity contribution in [1.82, 2.24) is 4.31 Å². The highest BCUT2D eigenvalue weighted by atomic mass is 32.2. The van der Waals surface area contributed by atoms with Gasteiger partial charge in [-0.1, -0.05) is 12.1 Å². The monoisotopic (exact) mass is 479 g/mol. The predicted octanol–water partition coefficient (Wildman–Crippen LogP) is 2.03. The summed E-state index contributed by atoms with van der Waals surface area (Å²) in [5.41, 5.74) is 1.05. The minimum Gasteiger partial charge on any atom is -0.495 e. The SMILES string of the molecule is COc1ccccc1NC(=O)CSCC(=O)Nc1ccc(S(=O)(=O)N2CCOCC2)cc1. The first-order valence-corrected chi connectivity index (χ1v) is 12.5. The van der Waals surface area contributed by atoms with Gasteiger partial charge in [-0.2, -0.15) is 4.31 Å². The van der Waals surface area contributed by atoms with Gasteiger partial charge < -0.3 is 20.1 Å². The average molecular weight is 480 g/mol. The number of hydrogen-bond acceptors (Lipinski definition) is 7. The lowest BCUT2D eigenvalue weighted by Gasteiger charge is -2.26. The van der Waals surface area contributed by atoms with Gasteiger partial charge in [-0.05, 0) is 36.4 Å². The molecule has 2 N–H and O–H groups in total. The largest absolute Gasteiger partial charge is 0.495 e. The zero-order chi connectivity index (χ0) is 23.0. The maximum atomic E-state index is 12.6. The summed E-state index contributed by atoms with van der Waals surface area (Å²) < 4.78 is 37.0. The van der Waals surface area contributed by atoms with Crippen molar-refractivity contribution < 1.29 is 27.5 Å². The molecule has 2 amide bonds. The van der Waals surface area contributed by atoms with E-state index in [9.17, 15) is 18.0 Å². The summed E-state index contributed by atoms with van der Waals surface area (Å²) in [5, 5.41) is 5.45. The number of ether oxygens (including phenoxy) is 2. The van der Waals surface area contributed by atoms with Crippen molar-refractivity contribution in [2.45, 2.75) is 4.90 Å². The van der Waals surface area contributed by atoms with Crippen molar-refractivity contribution in [2.24, 2.45) is 0 Å². The molecule has 172 valence electrons. The summed E-state index contributed by atoms with van der Waals surface area (Å²) >= 11 is 1.17. The lowest BCUT2D eigenvalue weighted by molar-refractivity contribution is -0.114. The lowest BCUT2D eigenvalue weighted by atomic mass is 10.3. The van der Waals surface area contributed by atoms with Gasteiger partial charge in [-0.25, -0.2) is 8.42 Å². The highest BCUT2D eigenvalue weighted by Gasteiger charge is 2.26. The van der Waals surface area contributed by atoms with Crippen molar-refractivity contribution in [2.75, 3.05) is 55.6 Å². The molecule has 1 heterocycles. The van der Waals surface area contributed by atoms with Gasteiger partial charge >= 0.3 is 0 Å². The number of morpholine rings is 1. The Labute approximate surface area is 191 Å². The lowest BCUT2D eigenvalue weighted by Crippen LogP contribution is -2.40. The van der Waals surface area contributed by atoms with Gasteiger partial charge in [0.1, 0.15) is 5.75 Å². The van der Waals surface area contributed by atoms with E-state index in [1.54, 1.807) is 36.4 Å². The normalized spacial score (nSPS) is 14.5. The number of benzene rings is 2. The fraction of sp³-hybridized carbons (Fsp3) is 0.333. The predicted molar refractivity (Wildman–Crippen MR) is 124 cm³/mol. The molecule has 9 nitrogen and oxygen atoms in total. The second kappa shape index (κ2) is 11.3. The summed E-state index contributed by atoms with van der Waals surface area (Å²) in [6.45, 7) is 1.40. The third kappa shape index (κ3) is 6.45. The van der Waals surface area contributed by atoms with Gasteiger partial charge in [0.25, 0.3) is 0 Å². The van der Waals surface area contributed by atoms with E-state index < -0.39 is 10.0 Å². The van der Waals surface area contributed by atoms with Gasteiger partial charge in [-0.3, -0.25) is 9.59 Å². The number of amides is 2. The molecule has 0 saturated carbocycles. The summed E-state index contributed by atoms with van der Waals surface area (Å²) in [7, 11) is -2.06. The molecule has 3 rings (SSSR count). The number of carbonyl (C=O) groups is 2. The summed E-state index contributed by atoms with van der Waals surface area (Å²) in [4.78, 5) is 24.4. The highest BCUT2D eigenvalue weighted by molar-refractivity contribution is 8.00. The fourth-order valence-corrected chi connectivity index (χ4v) is 5.04. The topological polar surface area (TPSA) is 114 Å². The van der Waals surface area contributed by atoms with E-state index in [4.69, 9.17) is 9.47 Å². The van der Waals surface area contributed by atoms with E-state index >= 15 is 0 Å². The first-order valence-electron chi connectivity index (χ1n) is 9.88. The minimum absolute atomic E-state index is 0.0766. The van der Waals surface area contributed by atoms with Crippen LogP contribution in [0.4, 0.5) is 11.4 Å². The van der Waals surface area contributed by atoms with E-state index in [1.807, 2.05) is 0 Å². The van der Waals surface area contributed by atoms with Crippen LogP contribution in [-0.4, -0.2) is 69.5 Å². The first kappa shape index (κ1) is 24.1. The van der Waals surface area contributed by atoms with Crippen molar-refractivity contribution >= 4 is 45.0 Å². The van der Waals surface area contributed by atoms with E-state index in [2.05, 4.69) is 10.6 Å². The van der Waals surface area contributed by atoms with Crippen LogP contribution in [0.1, 0.15) is 0 Å². The fourth-order valence-electron chi connectivity index (χ4n) is 3.01. The van der Waals surface area contributed by atoms with Gasteiger partial charge in [0.05, 0.1) is 42.4 Å². The maximum absolute atomic E-state index is 12.6. The Hall–Kier alpha value is -2.60. The number of thioether (sulfide) groups is 1. The molecule has 0 spiro atoms. The third-order valence-corrected chi connectivity index (χ3v) is 7.44. The molecular formula is C21H25N3O6S2. The van der Waals surface area contributed by atoms with Gasteiger partial charge in [0.2, 0.25) is 21.8 Å². The summed E-state index contributed by atoms with van der Waals surface area (Å²) in [6.07, 6.45) is 0. The van der Waals surface area contributed by atoms with Crippen LogP contribution in [0.3, 0.4) is 0 Å². The molecule has 1 fully saturated rings. The van der Waals surface area contributed by atoms with Crippen LogP contribution in [0.5, 0.6) is 5.75 Å². The zero-order valence-electron chi connectivity index (χ0n) is 17.6. The quantitative estimate of drug-likeness (QED) is 0.566. The number of sulfonamides is 1. The molecule has 1 aliphatic rings. The molecule has 0 bridgehead atoms. The number of hydrogen-bond donors (Lipinski definition) is 2. The second-order valence-electron chi connectivity index (χ2n) is 6.83. The smallest absolute Gasteiger partial charge is 0.243 e. The Kier molecular flexibility index (Phi) is 8.51. The van der Waals surface area contributed by atoms with Gasteiger partial charge in [0, 0.05) is 18.8 Å². The Morgan fingerprint density at radius 2 is 1.62 bits per heavy atom. The van der Waals surface area contributed by atoms with E-state index in [-0.39, 0.29) is 28.2 Å². The molecule has 0 unspecified atom stereocenters. The first-order chi connectivity index (χ1) is 15.4.